The van der Waals surface area contributed by atoms with E-state index in [2.05, 4.69) is 6.07 Å². The predicted octanol–water partition coefficient (Wildman–Crippen LogP) is 2.92. The first kappa shape index (κ1) is 30.6. The van der Waals surface area contributed by atoms with E-state index in [1.54, 1.807) is 6.07 Å². The maximum atomic E-state index is 9.98. The molecule has 0 heterocycles. The molecule has 0 aliphatic carbocycles. The van der Waals surface area contributed by atoms with E-state index in [1.807, 2.05) is 39.2 Å². The van der Waals surface area contributed by atoms with Gasteiger partial charge in [-0.25, -0.2) is 0 Å². The molecule has 0 atom stereocenters. The summed E-state index contributed by atoms with van der Waals surface area (Å²) in [5, 5.41) is 0. The molecule has 0 spiro atoms. The van der Waals surface area contributed by atoms with E-state index in [4.69, 9.17) is 0 Å². The second kappa shape index (κ2) is 22.0. The van der Waals surface area contributed by atoms with Gasteiger partial charge in [-0.15, -0.1) is 6.42 Å². The van der Waals surface area contributed by atoms with Gasteiger partial charge in [0.1, 0.15) is 0 Å². The van der Waals surface area contributed by atoms with Crippen LogP contribution < -0.4 is 0 Å². The number of hydrogen-bond acceptors (Lipinski definition) is 1. The second-order valence-electron chi connectivity index (χ2n) is 2.15. The summed E-state index contributed by atoms with van der Waals surface area (Å²) in [6, 6.07) is 8.65. The van der Waals surface area contributed by atoms with Gasteiger partial charge in [-0.05, 0) is 0 Å². The van der Waals surface area contributed by atoms with Gasteiger partial charge in [-0.1, -0.05) is 20.8 Å². The molecule has 16 heavy (non-hydrogen) atoms. The third kappa shape index (κ3) is 13.8. The van der Waals surface area contributed by atoms with Crippen molar-refractivity contribution in [1.29, 1.82) is 0 Å². The van der Waals surface area contributed by atoms with E-state index in [0.717, 1.165) is 11.1 Å². The molecular weight excluding hydrogens is 671 g/mol. The first-order chi connectivity index (χ1) is 5.84. The summed E-state index contributed by atoms with van der Waals surface area (Å²) in [5.41, 5.74) is 2.04. The molecule has 1 nitrogen and oxygen atoms in total. The van der Waals surface area contributed by atoms with E-state index >= 15 is 0 Å². The molecule has 87 valence electrons. The Bertz CT molecular complexity index is 244. The molecule has 0 saturated carbocycles. The molecule has 1 aromatic rings. The zero-order valence-electron chi connectivity index (χ0n) is 10.3. The van der Waals surface area contributed by atoms with Crippen LogP contribution in [0.4, 0.5) is 0 Å². The number of aryl methyl sites for hydroxylation is 1. The van der Waals surface area contributed by atoms with Crippen molar-refractivity contribution in [3.05, 3.63) is 42.8 Å². The Morgan fingerprint density at radius 3 is 2.25 bits per heavy atom. The summed E-state index contributed by atoms with van der Waals surface area (Å²) in [6.45, 7) is 5.96. The van der Waals surface area contributed by atoms with Crippen molar-refractivity contribution < 1.29 is 89.7 Å². The van der Waals surface area contributed by atoms with E-state index in [-0.39, 0.29) is 92.3 Å². The zero-order valence-corrected chi connectivity index (χ0v) is 20.3. The van der Waals surface area contributed by atoms with Crippen LogP contribution in [0.25, 0.3) is 0 Å². The SMILES string of the molecule is CC.Cc1ccc[c-]c1C[C-]=O.[CH3-].[U].[W].[Y]. The molecule has 1 rings (SSSR count). The van der Waals surface area contributed by atoms with E-state index in [9.17, 15) is 4.79 Å². The van der Waals surface area contributed by atoms with Crippen LogP contribution in [-0.4, -0.2) is 6.29 Å². The number of hydrogen-bond donors (Lipinski definition) is 0. The van der Waals surface area contributed by atoms with Crippen molar-refractivity contribution in [2.24, 2.45) is 0 Å². The number of benzene rings is 1. The van der Waals surface area contributed by atoms with Crippen molar-refractivity contribution in [3.63, 3.8) is 0 Å². The van der Waals surface area contributed by atoms with Crippen LogP contribution in [0.1, 0.15) is 25.0 Å². The first-order valence-electron chi connectivity index (χ1n) is 4.16. The minimum Gasteiger partial charge on any atom is -0.542 e. The van der Waals surface area contributed by atoms with E-state index in [1.165, 1.54) is 0 Å². The van der Waals surface area contributed by atoms with Gasteiger partial charge in [0.25, 0.3) is 0 Å². The predicted molar refractivity (Wildman–Crippen MR) is 57.2 cm³/mol. The first-order valence-corrected chi connectivity index (χ1v) is 4.16. The Morgan fingerprint density at radius 2 is 1.88 bits per heavy atom. The number of rotatable bonds is 2. The molecule has 0 N–H and O–H groups in total. The molecule has 0 fully saturated rings. The fourth-order valence-corrected chi connectivity index (χ4v) is 0.818. The van der Waals surface area contributed by atoms with Crippen molar-refractivity contribution in [3.8, 4) is 0 Å². The van der Waals surface area contributed by atoms with Crippen molar-refractivity contribution >= 4 is 6.29 Å². The minimum absolute atomic E-state index is 0. The standard InChI is InChI=1S/C9H8O.C2H6.CH3.U.W.Y/c1-8-4-2-3-5-9(8)6-7-10;1-2;;;;/h2-4H,6H2,1H3;1-2H3;1H3;;;/q-2;;-1;;;. The van der Waals surface area contributed by atoms with Gasteiger partial charge in [0.2, 0.25) is 0 Å². The summed E-state index contributed by atoms with van der Waals surface area (Å²) < 4.78 is 0. The van der Waals surface area contributed by atoms with Gasteiger partial charge in [-0.3, -0.25) is 6.29 Å². The fraction of sp³-hybridized carbons (Fsp3) is 0.333. The van der Waals surface area contributed by atoms with Crippen LogP contribution >= 0.6 is 0 Å². The summed E-state index contributed by atoms with van der Waals surface area (Å²) in [4.78, 5) is 9.98. The fourth-order valence-electron chi connectivity index (χ4n) is 0.818. The Balaban J connectivity index is -0.0000000637. The average Bonchev–Trinajstić information content (AvgIpc) is 2.13. The molecule has 0 aromatic heterocycles. The molecule has 1 aromatic carbocycles. The topological polar surface area (TPSA) is 17.1 Å². The Hall–Kier alpha value is 1.73. The van der Waals surface area contributed by atoms with Crippen molar-refractivity contribution in [2.75, 3.05) is 0 Å². The summed E-state index contributed by atoms with van der Waals surface area (Å²) in [7, 11) is 0. The van der Waals surface area contributed by atoms with Crippen LogP contribution in [0.15, 0.2) is 18.2 Å². The summed E-state index contributed by atoms with van der Waals surface area (Å²) in [6.07, 6.45) is 2.20. The van der Waals surface area contributed by atoms with Crippen LogP contribution in [0.5, 0.6) is 0 Å². The quantitative estimate of drug-likeness (QED) is 0.438. The van der Waals surface area contributed by atoms with Crippen LogP contribution in [0.2, 0.25) is 0 Å². The van der Waals surface area contributed by atoms with Gasteiger partial charge in [0.15, 0.2) is 0 Å². The van der Waals surface area contributed by atoms with Gasteiger partial charge in [0, 0.05) is 84.9 Å². The Labute approximate surface area is 163 Å². The maximum absolute atomic E-state index is 9.98. The molecule has 0 aliphatic heterocycles. The Morgan fingerprint density at radius 1 is 1.38 bits per heavy atom. The third-order valence-corrected chi connectivity index (χ3v) is 1.42. The maximum Gasteiger partial charge on any atom is 0 e. The van der Waals surface area contributed by atoms with Gasteiger partial charge in [0.05, 0.1) is 0 Å². The van der Waals surface area contributed by atoms with Crippen LogP contribution in [0, 0.1) is 51.5 Å². The van der Waals surface area contributed by atoms with Crippen LogP contribution in [0.3, 0.4) is 0 Å². The second-order valence-corrected chi connectivity index (χ2v) is 2.15. The van der Waals surface area contributed by atoms with E-state index in [0.29, 0.717) is 6.42 Å². The average molecular weight is 688 g/mol. The van der Waals surface area contributed by atoms with Crippen molar-refractivity contribution in [1.82, 2.24) is 0 Å². The molecule has 0 aliphatic rings. The normalized spacial score (nSPS) is 6.19. The van der Waals surface area contributed by atoms with Gasteiger partial charge >= 0.3 is 0 Å². The molecule has 4 heteroatoms. The molecular formula is C12H17OUWY-3. The van der Waals surface area contributed by atoms with Crippen LogP contribution in [-0.2, 0) is 65.0 Å². The van der Waals surface area contributed by atoms with Gasteiger partial charge < -0.3 is 12.2 Å². The molecule has 1 radical (unpaired) electrons. The number of carbonyl (C=O) groups excluding carboxylic acids is 1. The Kier molecular flexibility index (Phi) is 42.0. The van der Waals surface area contributed by atoms with Crippen molar-refractivity contribution in [2.45, 2.75) is 27.2 Å². The largest absolute Gasteiger partial charge is 0.542 e. The monoisotopic (exact) mass is 688 g/mol. The molecule has 0 amide bonds. The smallest absolute Gasteiger partial charge is 0 e. The zero-order chi connectivity index (χ0) is 9.40. The van der Waals surface area contributed by atoms with E-state index < -0.39 is 0 Å². The summed E-state index contributed by atoms with van der Waals surface area (Å²) in [5.74, 6) is 0. The molecule has 0 bridgehead atoms. The summed E-state index contributed by atoms with van der Waals surface area (Å²) >= 11 is 0. The van der Waals surface area contributed by atoms with Gasteiger partial charge in [-0.2, -0.15) is 35.4 Å². The molecule has 0 saturated heterocycles. The minimum atomic E-state index is 0. The molecule has 0 unspecified atom stereocenters. The third-order valence-electron chi connectivity index (χ3n) is 1.42.